The van der Waals surface area contributed by atoms with Crippen molar-refractivity contribution in [3.8, 4) is 0 Å². The summed E-state index contributed by atoms with van der Waals surface area (Å²) in [4.78, 5) is 2.05. The van der Waals surface area contributed by atoms with Crippen molar-refractivity contribution in [2.24, 2.45) is 0 Å². The number of ether oxygens (including phenoxy) is 2. The molecular formula is C14H22FNO3. The summed E-state index contributed by atoms with van der Waals surface area (Å²) in [6, 6.07) is 4.54. The lowest BCUT2D eigenvalue weighted by Crippen LogP contribution is -2.39. The van der Waals surface area contributed by atoms with Gasteiger partial charge in [0, 0.05) is 38.1 Å². The van der Waals surface area contributed by atoms with E-state index < -0.39 is 0 Å². The summed E-state index contributed by atoms with van der Waals surface area (Å²) in [5.41, 5.74) is 1.38. The molecule has 4 nitrogen and oxygen atoms in total. The van der Waals surface area contributed by atoms with Gasteiger partial charge in [-0.2, -0.15) is 0 Å². The van der Waals surface area contributed by atoms with Gasteiger partial charge >= 0.3 is 0 Å². The van der Waals surface area contributed by atoms with E-state index in [1.54, 1.807) is 20.3 Å². The number of anilines is 1. The number of hydrogen-bond acceptors (Lipinski definition) is 4. The normalized spacial score (nSPS) is 12.5. The van der Waals surface area contributed by atoms with Crippen LogP contribution in [0.15, 0.2) is 18.2 Å². The summed E-state index contributed by atoms with van der Waals surface area (Å²) < 4.78 is 23.5. The molecule has 0 spiro atoms. The van der Waals surface area contributed by atoms with E-state index in [2.05, 4.69) is 4.90 Å². The lowest BCUT2D eigenvalue weighted by Gasteiger charge is -2.32. The number of aliphatic hydroxyl groups is 1. The summed E-state index contributed by atoms with van der Waals surface area (Å²) in [6.07, 6.45) is 0. The lowest BCUT2D eigenvalue weighted by molar-refractivity contribution is 0.170. The molecule has 0 saturated heterocycles. The fraction of sp³-hybridized carbons (Fsp3) is 0.571. The second-order valence-corrected chi connectivity index (χ2v) is 4.42. The van der Waals surface area contributed by atoms with Crippen LogP contribution in [0.5, 0.6) is 0 Å². The number of methoxy groups -OCH3 is 2. The van der Waals surface area contributed by atoms with Crippen LogP contribution in [0.25, 0.3) is 0 Å². The third-order valence-electron chi connectivity index (χ3n) is 3.00. The Morgan fingerprint density at radius 3 is 2.63 bits per heavy atom. The average molecular weight is 271 g/mol. The van der Waals surface area contributed by atoms with Gasteiger partial charge < -0.3 is 19.5 Å². The first-order valence-corrected chi connectivity index (χ1v) is 6.27. The first-order valence-electron chi connectivity index (χ1n) is 6.27. The first kappa shape index (κ1) is 15.9. The standard InChI is InChI=1S/C14H22FNO3/c1-11(10-19-3)16(6-7-18-2)14-5-4-13(15)8-12(14)9-17/h4-5,8,11,17H,6-7,9-10H2,1-3H3. The van der Waals surface area contributed by atoms with Gasteiger partial charge in [-0.15, -0.1) is 0 Å². The van der Waals surface area contributed by atoms with Gasteiger partial charge in [0.25, 0.3) is 0 Å². The summed E-state index contributed by atoms with van der Waals surface area (Å²) in [6.45, 7) is 3.57. The molecule has 1 rings (SSSR count). The monoisotopic (exact) mass is 271 g/mol. The van der Waals surface area contributed by atoms with Crippen LogP contribution in [-0.2, 0) is 16.1 Å². The Kier molecular flexibility index (Phi) is 6.77. The molecule has 0 aliphatic rings. The number of rotatable bonds is 8. The van der Waals surface area contributed by atoms with Crippen molar-refractivity contribution in [2.75, 3.05) is 38.9 Å². The SMILES string of the molecule is COCCN(c1ccc(F)cc1CO)C(C)COC. The fourth-order valence-corrected chi connectivity index (χ4v) is 2.06. The highest BCUT2D eigenvalue weighted by Crippen LogP contribution is 2.24. The van der Waals surface area contributed by atoms with Crippen molar-refractivity contribution < 1.29 is 19.0 Å². The number of aliphatic hydroxyl groups excluding tert-OH is 1. The van der Waals surface area contributed by atoms with Gasteiger partial charge in [0.15, 0.2) is 0 Å². The number of hydrogen-bond donors (Lipinski definition) is 1. The van der Waals surface area contributed by atoms with Crippen LogP contribution in [0.3, 0.4) is 0 Å². The molecule has 19 heavy (non-hydrogen) atoms. The maximum absolute atomic E-state index is 13.2. The number of benzene rings is 1. The van der Waals surface area contributed by atoms with Crippen LogP contribution in [-0.4, -0.2) is 45.1 Å². The molecule has 0 aromatic heterocycles. The van der Waals surface area contributed by atoms with Gasteiger partial charge in [0.1, 0.15) is 5.82 Å². The quantitative estimate of drug-likeness (QED) is 0.783. The third-order valence-corrected chi connectivity index (χ3v) is 3.00. The van der Waals surface area contributed by atoms with Crippen molar-refractivity contribution in [1.82, 2.24) is 0 Å². The van der Waals surface area contributed by atoms with Crippen LogP contribution < -0.4 is 4.90 Å². The van der Waals surface area contributed by atoms with Crippen LogP contribution in [0.4, 0.5) is 10.1 Å². The summed E-state index contributed by atoms with van der Waals surface area (Å²) in [5, 5.41) is 9.37. The van der Waals surface area contributed by atoms with E-state index in [0.29, 0.717) is 25.3 Å². The van der Waals surface area contributed by atoms with Crippen molar-refractivity contribution in [2.45, 2.75) is 19.6 Å². The molecule has 0 saturated carbocycles. The Balaban J connectivity index is 3.01. The largest absolute Gasteiger partial charge is 0.392 e. The second kappa shape index (κ2) is 8.09. The van der Waals surface area contributed by atoms with Gasteiger partial charge in [-0.3, -0.25) is 0 Å². The van der Waals surface area contributed by atoms with Crippen molar-refractivity contribution in [3.63, 3.8) is 0 Å². The van der Waals surface area contributed by atoms with Gasteiger partial charge in [0.2, 0.25) is 0 Å². The molecule has 1 atom stereocenters. The molecule has 1 aromatic carbocycles. The van der Waals surface area contributed by atoms with Crippen LogP contribution in [0.1, 0.15) is 12.5 Å². The van der Waals surface area contributed by atoms with E-state index in [9.17, 15) is 9.50 Å². The van der Waals surface area contributed by atoms with Gasteiger partial charge in [0.05, 0.1) is 19.8 Å². The summed E-state index contributed by atoms with van der Waals surface area (Å²) in [5.74, 6) is -0.348. The maximum Gasteiger partial charge on any atom is 0.123 e. The topological polar surface area (TPSA) is 41.9 Å². The van der Waals surface area contributed by atoms with E-state index >= 15 is 0 Å². The minimum absolute atomic E-state index is 0.107. The van der Waals surface area contributed by atoms with Crippen LogP contribution >= 0.6 is 0 Å². The number of halogens is 1. The maximum atomic E-state index is 13.2. The van der Waals surface area contributed by atoms with E-state index in [4.69, 9.17) is 9.47 Å². The van der Waals surface area contributed by atoms with Crippen LogP contribution in [0, 0.1) is 5.82 Å². The predicted octanol–water partition coefficient (Wildman–Crippen LogP) is 1.81. The fourth-order valence-electron chi connectivity index (χ4n) is 2.06. The molecule has 0 heterocycles. The minimum atomic E-state index is -0.348. The lowest BCUT2D eigenvalue weighted by atomic mass is 10.1. The average Bonchev–Trinajstić information content (AvgIpc) is 2.40. The van der Waals surface area contributed by atoms with Crippen molar-refractivity contribution in [1.29, 1.82) is 0 Å². The molecule has 1 aromatic rings. The second-order valence-electron chi connectivity index (χ2n) is 4.42. The van der Waals surface area contributed by atoms with E-state index in [0.717, 1.165) is 5.69 Å². The zero-order valence-electron chi connectivity index (χ0n) is 11.7. The third kappa shape index (κ3) is 4.45. The van der Waals surface area contributed by atoms with Gasteiger partial charge in [-0.25, -0.2) is 4.39 Å². The Morgan fingerprint density at radius 2 is 2.05 bits per heavy atom. The van der Waals surface area contributed by atoms with Crippen molar-refractivity contribution in [3.05, 3.63) is 29.6 Å². The molecule has 0 fully saturated rings. The molecule has 0 bridgehead atoms. The Bertz CT molecular complexity index is 387. The molecule has 1 unspecified atom stereocenters. The van der Waals surface area contributed by atoms with Crippen LogP contribution in [0.2, 0.25) is 0 Å². The summed E-state index contributed by atoms with van der Waals surface area (Å²) >= 11 is 0. The predicted molar refractivity (Wildman–Crippen MR) is 72.9 cm³/mol. The summed E-state index contributed by atoms with van der Waals surface area (Å²) in [7, 11) is 3.28. The van der Waals surface area contributed by atoms with E-state index in [1.165, 1.54) is 12.1 Å². The number of nitrogens with zero attached hydrogens (tertiary/aromatic N) is 1. The minimum Gasteiger partial charge on any atom is -0.392 e. The zero-order chi connectivity index (χ0) is 14.3. The highest BCUT2D eigenvalue weighted by molar-refractivity contribution is 5.54. The molecule has 5 heteroatoms. The molecule has 1 N–H and O–H groups in total. The Labute approximate surface area is 113 Å². The molecule has 0 radical (unpaired) electrons. The molecule has 108 valence electrons. The van der Waals surface area contributed by atoms with E-state index in [-0.39, 0.29) is 18.5 Å². The smallest absolute Gasteiger partial charge is 0.123 e. The molecule has 0 amide bonds. The van der Waals surface area contributed by atoms with E-state index in [1.807, 2.05) is 6.92 Å². The Morgan fingerprint density at radius 1 is 1.32 bits per heavy atom. The molecular weight excluding hydrogens is 249 g/mol. The van der Waals surface area contributed by atoms with Crippen molar-refractivity contribution >= 4 is 5.69 Å². The van der Waals surface area contributed by atoms with Gasteiger partial charge in [-0.1, -0.05) is 0 Å². The van der Waals surface area contributed by atoms with Gasteiger partial charge in [-0.05, 0) is 25.1 Å². The first-order chi connectivity index (χ1) is 9.13. The zero-order valence-corrected chi connectivity index (χ0v) is 11.7. The Hall–Kier alpha value is -1.17. The highest BCUT2D eigenvalue weighted by Gasteiger charge is 2.17. The molecule has 0 aliphatic carbocycles. The molecule has 0 aliphatic heterocycles. The highest BCUT2D eigenvalue weighted by atomic mass is 19.1.